The summed E-state index contributed by atoms with van der Waals surface area (Å²) in [5.74, 6) is -0.234. The first-order valence-corrected chi connectivity index (χ1v) is 3.77. The van der Waals surface area contributed by atoms with Crippen molar-refractivity contribution in [2.24, 2.45) is 0 Å². The Bertz CT molecular complexity index is 347. The zero-order chi connectivity index (χ0) is 10.6. The molecule has 6 heteroatoms. The van der Waals surface area contributed by atoms with Gasteiger partial charge in [0.1, 0.15) is 25.2 Å². The number of halogens is 2. The smallest absolute Gasteiger partial charge is 0.272 e. The molecule has 0 radical (unpaired) electrons. The number of rotatable bonds is 4. The van der Waals surface area contributed by atoms with Crippen molar-refractivity contribution in [2.45, 2.75) is 13.0 Å². The normalized spacial score (nSPS) is 10.6. The number of aliphatic hydroxyl groups is 1. The van der Waals surface area contributed by atoms with Crippen molar-refractivity contribution in [1.82, 2.24) is 0 Å². The van der Waals surface area contributed by atoms with Crippen LogP contribution < -0.4 is 10.2 Å². The Kier molecular flexibility index (Phi) is 3.58. The van der Waals surface area contributed by atoms with Crippen molar-refractivity contribution in [3.05, 3.63) is 28.3 Å². The van der Waals surface area contributed by atoms with Gasteiger partial charge in [-0.3, -0.25) is 4.79 Å². The van der Waals surface area contributed by atoms with Crippen LogP contribution in [0.15, 0.2) is 21.5 Å². The maximum absolute atomic E-state index is 11.7. The maximum atomic E-state index is 11.7. The average molecular weight is 206 g/mol. The molecule has 78 valence electrons. The molecule has 0 aromatic carbocycles. The molecule has 0 saturated carbocycles. The van der Waals surface area contributed by atoms with Crippen LogP contribution in [0.3, 0.4) is 0 Å². The van der Waals surface area contributed by atoms with Gasteiger partial charge in [-0.2, -0.15) is 0 Å². The minimum absolute atomic E-state index is 0.0550. The fraction of sp³-hybridized carbons (Fsp3) is 0.375. The Hall–Kier alpha value is -1.43. The molecule has 0 aliphatic rings. The molecule has 1 rings (SSSR count). The quantitative estimate of drug-likeness (QED) is 0.790. The van der Waals surface area contributed by atoms with Gasteiger partial charge in [-0.25, -0.2) is 8.78 Å². The second-order valence-electron chi connectivity index (χ2n) is 2.44. The third-order valence-electron chi connectivity index (χ3n) is 1.37. The van der Waals surface area contributed by atoms with E-state index in [1.807, 2.05) is 0 Å². The van der Waals surface area contributed by atoms with Gasteiger partial charge in [0.25, 0.3) is 6.43 Å². The summed E-state index contributed by atoms with van der Waals surface area (Å²) >= 11 is 0. The molecule has 0 amide bonds. The van der Waals surface area contributed by atoms with Crippen LogP contribution in [0.1, 0.15) is 5.76 Å². The topological polar surface area (TPSA) is 59.7 Å². The average Bonchev–Trinajstić information content (AvgIpc) is 2.15. The zero-order valence-corrected chi connectivity index (χ0v) is 7.07. The summed E-state index contributed by atoms with van der Waals surface area (Å²) < 4.78 is 32.6. The first kappa shape index (κ1) is 10.6. The van der Waals surface area contributed by atoms with Gasteiger partial charge < -0.3 is 14.3 Å². The summed E-state index contributed by atoms with van der Waals surface area (Å²) in [6, 6.07) is 0.987. The summed E-state index contributed by atoms with van der Waals surface area (Å²) in [6.45, 7) is -1.28. The van der Waals surface area contributed by atoms with E-state index in [0.717, 1.165) is 12.3 Å². The lowest BCUT2D eigenvalue weighted by molar-refractivity contribution is 0.0799. The van der Waals surface area contributed by atoms with Gasteiger partial charge >= 0.3 is 0 Å². The number of hydrogen-bond acceptors (Lipinski definition) is 4. The van der Waals surface area contributed by atoms with Crippen LogP contribution in [0, 0.1) is 0 Å². The fourth-order valence-electron chi connectivity index (χ4n) is 0.779. The standard InChI is InChI=1S/C8H8F2O4/c9-8(10)4-14-7-3-13-5(2-11)1-6(7)12/h1,3,8,11H,2,4H2. The summed E-state index contributed by atoms with van der Waals surface area (Å²) in [5, 5.41) is 8.58. The summed E-state index contributed by atoms with van der Waals surface area (Å²) in [4.78, 5) is 11.1. The van der Waals surface area contributed by atoms with Gasteiger partial charge in [-0.15, -0.1) is 0 Å². The highest BCUT2D eigenvalue weighted by Crippen LogP contribution is 2.06. The van der Waals surface area contributed by atoms with E-state index in [1.165, 1.54) is 0 Å². The van der Waals surface area contributed by atoms with Gasteiger partial charge in [-0.05, 0) is 0 Å². The molecule has 1 N–H and O–H groups in total. The van der Waals surface area contributed by atoms with Crippen LogP contribution in [-0.2, 0) is 6.61 Å². The largest absolute Gasteiger partial charge is 0.481 e. The molecular weight excluding hydrogens is 198 g/mol. The highest BCUT2D eigenvalue weighted by molar-refractivity contribution is 5.17. The predicted octanol–water partition coefficient (Wildman–Crippen LogP) is 0.776. The van der Waals surface area contributed by atoms with E-state index in [0.29, 0.717) is 0 Å². The first-order chi connectivity index (χ1) is 6.63. The van der Waals surface area contributed by atoms with Crippen molar-refractivity contribution >= 4 is 0 Å². The number of alkyl halides is 2. The third-order valence-corrected chi connectivity index (χ3v) is 1.37. The molecule has 14 heavy (non-hydrogen) atoms. The Morgan fingerprint density at radius 3 is 2.79 bits per heavy atom. The number of ether oxygens (including phenoxy) is 1. The minimum atomic E-state index is -2.65. The predicted molar refractivity (Wildman–Crippen MR) is 42.4 cm³/mol. The summed E-state index contributed by atoms with van der Waals surface area (Å²) in [5.41, 5.74) is -0.596. The van der Waals surface area contributed by atoms with Gasteiger partial charge in [0, 0.05) is 6.07 Å². The Labute approximate surface area is 77.7 Å². The zero-order valence-electron chi connectivity index (χ0n) is 7.07. The molecule has 1 aromatic rings. The van der Waals surface area contributed by atoms with Crippen molar-refractivity contribution in [3.63, 3.8) is 0 Å². The fourth-order valence-corrected chi connectivity index (χ4v) is 0.779. The molecule has 1 aromatic heterocycles. The molecule has 0 bridgehead atoms. The summed E-state index contributed by atoms with van der Waals surface area (Å²) in [6.07, 6.45) is -1.75. The molecular formula is C8H8F2O4. The summed E-state index contributed by atoms with van der Waals surface area (Å²) in [7, 11) is 0. The lowest BCUT2D eigenvalue weighted by Crippen LogP contribution is -2.13. The highest BCUT2D eigenvalue weighted by Gasteiger charge is 2.07. The van der Waals surface area contributed by atoms with E-state index in [-0.39, 0.29) is 11.5 Å². The number of hydrogen-bond donors (Lipinski definition) is 1. The molecule has 0 spiro atoms. The van der Waals surface area contributed by atoms with Gasteiger partial charge in [0.2, 0.25) is 11.2 Å². The van der Waals surface area contributed by atoms with E-state index in [1.54, 1.807) is 0 Å². The minimum Gasteiger partial charge on any atom is -0.481 e. The molecule has 0 atom stereocenters. The van der Waals surface area contributed by atoms with Crippen molar-refractivity contribution < 1.29 is 23.0 Å². The highest BCUT2D eigenvalue weighted by atomic mass is 19.3. The molecule has 0 aliphatic carbocycles. The molecule has 0 aliphatic heterocycles. The van der Waals surface area contributed by atoms with Crippen LogP contribution in [0.5, 0.6) is 5.75 Å². The van der Waals surface area contributed by atoms with Gasteiger partial charge in [0.05, 0.1) is 0 Å². The van der Waals surface area contributed by atoms with Crippen molar-refractivity contribution in [2.75, 3.05) is 6.61 Å². The van der Waals surface area contributed by atoms with Gasteiger partial charge in [0.15, 0.2) is 0 Å². The lowest BCUT2D eigenvalue weighted by Gasteiger charge is -2.03. The second kappa shape index (κ2) is 4.71. The van der Waals surface area contributed by atoms with Crippen LogP contribution in [0.25, 0.3) is 0 Å². The van der Waals surface area contributed by atoms with E-state index >= 15 is 0 Å². The first-order valence-electron chi connectivity index (χ1n) is 3.77. The number of aliphatic hydroxyl groups excluding tert-OH is 1. The van der Waals surface area contributed by atoms with E-state index in [2.05, 4.69) is 4.74 Å². The Morgan fingerprint density at radius 2 is 2.29 bits per heavy atom. The second-order valence-corrected chi connectivity index (χ2v) is 2.44. The van der Waals surface area contributed by atoms with E-state index in [4.69, 9.17) is 9.52 Å². The van der Waals surface area contributed by atoms with Crippen LogP contribution >= 0.6 is 0 Å². The van der Waals surface area contributed by atoms with Gasteiger partial charge in [-0.1, -0.05) is 0 Å². The molecule has 0 saturated heterocycles. The van der Waals surface area contributed by atoms with E-state index in [9.17, 15) is 13.6 Å². The van der Waals surface area contributed by atoms with Crippen molar-refractivity contribution in [1.29, 1.82) is 0 Å². The third kappa shape index (κ3) is 2.81. The Balaban J connectivity index is 2.74. The van der Waals surface area contributed by atoms with Crippen LogP contribution in [0.4, 0.5) is 8.78 Å². The Morgan fingerprint density at radius 1 is 1.57 bits per heavy atom. The molecule has 1 heterocycles. The molecule has 0 unspecified atom stereocenters. The van der Waals surface area contributed by atoms with Crippen LogP contribution in [0.2, 0.25) is 0 Å². The SMILES string of the molecule is O=c1cc(CO)occ1OCC(F)F. The van der Waals surface area contributed by atoms with Crippen molar-refractivity contribution in [3.8, 4) is 5.75 Å². The molecule has 0 fully saturated rings. The molecule has 4 nitrogen and oxygen atoms in total. The monoisotopic (exact) mass is 206 g/mol. The van der Waals surface area contributed by atoms with Crippen LogP contribution in [-0.4, -0.2) is 18.1 Å². The lowest BCUT2D eigenvalue weighted by atomic mass is 10.4. The maximum Gasteiger partial charge on any atom is 0.272 e. The van der Waals surface area contributed by atoms with E-state index < -0.39 is 25.1 Å².